The minimum Gasteiger partial charge on any atom is -0.414 e. The fraction of sp³-hybridized carbons (Fsp3) is 0.765. The van der Waals surface area contributed by atoms with Crippen molar-refractivity contribution >= 4 is 26.6 Å². The van der Waals surface area contributed by atoms with Gasteiger partial charge in [0.2, 0.25) is 0 Å². The van der Waals surface area contributed by atoms with Crippen LogP contribution in [0.15, 0.2) is 15.8 Å². The molecule has 1 aliphatic rings. The average Bonchev–Trinajstić information content (AvgIpc) is 2.88. The van der Waals surface area contributed by atoms with Gasteiger partial charge in [-0.2, -0.15) is 0 Å². The summed E-state index contributed by atoms with van der Waals surface area (Å²) in [6.45, 7) is 11.2. The van der Waals surface area contributed by atoms with Crippen LogP contribution in [-0.4, -0.2) is 48.2 Å². The lowest BCUT2D eigenvalue weighted by Crippen LogP contribution is -2.44. The summed E-state index contributed by atoms with van der Waals surface area (Å²) in [4.78, 5) is 36.2. The molecule has 11 heteroatoms. The largest absolute Gasteiger partial charge is 0.414 e. The average molecular weight is 451 g/mol. The molecule has 8 nitrogen and oxygen atoms in total. The minimum absolute atomic E-state index is 0.0326. The molecule has 1 aromatic heterocycles. The summed E-state index contributed by atoms with van der Waals surface area (Å²) < 4.78 is 19.4. The molecule has 0 bridgehead atoms. The predicted octanol–water partition coefficient (Wildman–Crippen LogP) is 2.47. The SMILES string of the molecule is Cc1cn([C@H]2C[C@H](OP(C)(O)=S)[C@@H](CO[Si](C)(C)C(C)(C)C)O2)c(=O)[nH]c1=O. The third-order valence-corrected chi connectivity index (χ3v) is 10.8. The van der Waals surface area contributed by atoms with Gasteiger partial charge in [-0.25, -0.2) is 4.79 Å². The number of aryl methyl sites for hydroxylation is 1. The van der Waals surface area contributed by atoms with E-state index in [0.717, 1.165) is 0 Å². The minimum atomic E-state index is -2.93. The highest BCUT2D eigenvalue weighted by Gasteiger charge is 2.43. The summed E-state index contributed by atoms with van der Waals surface area (Å²) in [7, 11) is -2.02. The van der Waals surface area contributed by atoms with Gasteiger partial charge in [-0.15, -0.1) is 0 Å². The van der Waals surface area contributed by atoms with Gasteiger partial charge in [0.05, 0.1) is 12.7 Å². The molecule has 2 heterocycles. The fourth-order valence-electron chi connectivity index (χ4n) is 2.69. The second kappa shape index (κ2) is 8.26. The van der Waals surface area contributed by atoms with Crippen molar-refractivity contribution in [3.63, 3.8) is 0 Å². The van der Waals surface area contributed by atoms with Crippen LogP contribution in [0.25, 0.3) is 0 Å². The Balaban J connectivity index is 2.25. The number of rotatable bonds is 6. The van der Waals surface area contributed by atoms with Crippen molar-refractivity contribution in [2.75, 3.05) is 13.3 Å². The Hall–Kier alpha value is -0.613. The molecule has 2 rings (SSSR count). The van der Waals surface area contributed by atoms with Crippen molar-refractivity contribution in [2.24, 2.45) is 0 Å². The van der Waals surface area contributed by atoms with Gasteiger partial charge < -0.3 is 18.6 Å². The lowest BCUT2D eigenvalue weighted by molar-refractivity contribution is -0.0393. The van der Waals surface area contributed by atoms with Crippen LogP contribution in [0, 0.1) is 6.92 Å². The van der Waals surface area contributed by atoms with Crippen molar-refractivity contribution in [2.45, 2.75) is 70.7 Å². The van der Waals surface area contributed by atoms with Crippen molar-refractivity contribution in [1.82, 2.24) is 9.55 Å². The Kier molecular flexibility index (Phi) is 6.98. The van der Waals surface area contributed by atoms with Gasteiger partial charge in [0.25, 0.3) is 5.56 Å². The number of aromatic nitrogens is 2. The molecule has 0 spiro atoms. The lowest BCUT2D eigenvalue weighted by Gasteiger charge is -2.37. The molecular weight excluding hydrogens is 419 g/mol. The van der Waals surface area contributed by atoms with E-state index in [2.05, 4.69) is 38.8 Å². The second-order valence-electron chi connectivity index (χ2n) is 8.86. The molecule has 160 valence electrons. The lowest BCUT2D eigenvalue weighted by atomic mass is 10.2. The standard InChI is InChI=1S/C17H31N2O6PSSi/c1-11-9-19(16(21)18-15(11)20)14-8-12(25-26(5,22)27)13(24-14)10-23-28(6,7)17(2,3)4/h9,12-14H,8,10H2,1-7H3,(H,22,27)(H,18,20,21)/t12-,13+,14+,26?/m0/s1. The van der Waals surface area contributed by atoms with E-state index < -0.39 is 44.5 Å². The van der Waals surface area contributed by atoms with Crippen molar-refractivity contribution in [3.8, 4) is 0 Å². The van der Waals surface area contributed by atoms with Gasteiger partial charge in [-0.3, -0.25) is 14.3 Å². The Bertz CT molecular complexity index is 872. The zero-order valence-electron chi connectivity index (χ0n) is 17.5. The number of hydrogen-bond donors (Lipinski definition) is 2. The maximum Gasteiger partial charge on any atom is 0.330 e. The van der Waals surface area contributed by atoms with Gasteiger partial charge in [0.1, 0.15) is 12.3 Å². The van der Waals surface area contributed by atoms with Crippen molar-refractivity contribution < 1.29 is 18.6 Å². The molecule has 0 aromatic carbocycles. The molecule has 0 saturated carbocycles. The molecule has 0 radical (unpaired) electrons. The zero-order chi connectivity index (χ0) is 21.5. The summed E-state index contributed by atoms with van der Waals surface area (Å²) in [5.74, 6) is 0. The van der Waals surface area contributed by atoms with E-state index in [4.69, 9.17) is 25.5 Å². The topological polar surface area (TPSA) is 103 Å². The summed E-state index contributed by atoms with van der Waals surface area (Å²) in [5.41, 5.74) is -0.570. The Morgan fingerprint density at radius 1 is 1.43 bits per heavy atom. The molecule has 1 aliphatic heterocycles. The van der Waals surface area contributed by atoms with Crippen LogP contribution in [0.3, 0.4) is 0 Å². The third-order valence-electron chi connectivity index (χ3n) is 5.38. The van der Waals surface area contributed by atoms with E-state index in [1.807, 2.05) is 0 Å². The van der Waals surface area contributed by atoms with Crippen LogP contribution in [-0.2, 0) is 25.5 Å². The first-order valence-corrected chi connectivity index (χ1v) is 15.2. The Labute approximate surface area is 171 Å². The normalized spacial score (nSPS) is 25.6. The van der Waals surface area contributed by atoms with Gasteiger partial charge in [-0.1, -0.05) is 20.8 Å². The molecular formula is C17H31N2O6PSSi. The molecule has 1 fully saturated rings. The Morgan fingerprint density at radius 2 is 2.04 bits per heavy atom. The van der Waals surface area contributed by atoms with E-state index in [9.17, 15) is 14.5 Å². The summed E-state index contributed by atoms with van der Waals surface area (Å²) in [5, 5.41) is 0.0326. The first-order valence-electron chi connectivity index (χ1n) is 9.21. The highest BCUT2D eigenvalue weighted by molar-refractivity contribution is 8.09. The van der Waals surface area contributed by atoms with Crippen LogP contribution in [0.1, 0.15) is 39.0 Å². The predicted molar refractivity (Wildman–Crippen MR) is 115 cm³/mol. The second-order valence-corrected chi connectivity index (χ2v) is 17.5. The molecule has 28 heavy (non-hydrogen) atoms. The monoisotopic (exact) mass is 450 g/mol. The number of nitrogens with zero attached hydrogens (tertiary/aromatic N) is 1. The van der Waals surface area contributed by atoms with Crippen molar-refractivity contribution in [3.05, 3.63) is 32.6 Å². The maximum atomic E-state index is 12.2. The van der Waals surface area contributed by atoms with E-state index >= 15 is 0 Å². The van der Waals surface area contributed by atoms with Crippen LogP contribution in [0.5, 0.6) is 0 Å². The van der Waals surface area contributed by atoms with Crippen LogP contribution in [0.2, 0.25) is 18.1 Å². The zero-order valence-corrected chi connectivity index (χ0v) is 20.2. The quantitative estimate of drug-likeness (QED) is 0.507. The van der Waals surface area contributed by atoms with Crippen LogP contribution < -0.4 is 11.2 Å². The molecule has 0 aliphatic carbocycles. The molecule has 2 N–H and O–H groups in total. The number of H-pyrrole nitrogens is 1. The summed E-state index contributed by atoms with van der Waals surface area (Å²) in [6, 6.07) is 0. The highest BCUT2D eigenvalue weighted by atomic mass is 32.5. The van der Waals surface area contributed by atoms with E-state index in [0.29, 0.717) is 12.0 Å². The van der Waals surface area contributed by atoms with Crippen LogP contribution >= 0.6 is 6.49 Å². The molecule has 1 aromatic rings. The number of ether oxygens (including phenoxy) is 1. The first kappa shape index (κ1) is 23.7. The van der Waals surface area contributed by atoms with Gasteiger partial charge in [0.15, 0.2) is 14.8 Å². The maximum absolute atomic E-state index is 12.2. The van der Waals surface area contributed by atoms with Gasteiger partial charge in [0, 0.05) is 24.8 Å². The third kappa shape index (κ3) is 5.72. The molecule has 4 atom stereocenters. The van der Waals surface area contributed by atoms with E-state index in [1.54, 1.807) is 6.92 Å². The first-order chi connectivity index (χ1) is 12.6. The van der Waals surface area contributed by atoms with Gasteiger partial charge in [-0.05, 0) is 36.9 Å². The van der Waals surface area contributed by atoms with E-state index in [-0.39, 0.29) is 11.6 Å². The fourth-order valence-corrected chi connectivity index (χ4v) is 4.76. The van der Waals surface area contributed by atoms with E-state index in [1.165, 1.54) is 17.4 Å². The van der Waals surface area contributed by atoms with Crippen LogP contribution in [0.4, 0.5) is 0 Å². The number of nitrogens with one attached hydrogen (secondary N) is 1. The molecule has 0 amide bonds. The summed E-state index contributed by atoms with van der Waals surface area (Å²) in [6.07, 6.45) is 0.176. The smallest absolute Gasteiger partial charge is 0.330 e. The Morgan fingerprint density at radius 3 is 2.57 bits per heavy atom. The highest BCUT2D eigenvalue weighted by Crippen LogP contribution is 2.45. The van der Waals surface area contributed by atoms with Gasteiger partial charge >= 0.3 is 5.69 Å². The summed E-state index contributed by atoms with van der Waals surface area (Å²) >= 11 is 5.05. The number of hydrogen-bond acceptors (Lipinski definition) is 6. The molecule has 1 saturated heterocycles. The number of aromatic amines is 1. The van der Waals surface area contributed by atoms with Crippen molar-refractivity contribution in [1.29, 1.82) is 0 Å². The molecule has 1 unspecified atom stereocenters.